The molecule has 0 aliphatic carbocycles. The fraction of sp³-hybridized carbons (Fsp3) is 0.158. The van der Waals surface area contributed by atoms with Gasteiger partial charge in [-0.3, -0.25) is 4.68 Å². The monoisotopic (exact) mass is 347 g/mol. The molecule has 7 nitrogen and oxygen atoms in total. The van der Waals surface area contributed by atoms with Crippen LogP contribution in [0, 0.1) is 0 Å². The van der Waals surface area contributed by atoms with E-state index in [1.807, 2.05) is 49.9 Å². The average Bonchev–Trinajstić information content (AvgIpc) is 3.27. The lowest BCUT2D eigenvalue weighted by atomic mass is 10.2. The Bertz CT molecular complexity index is 1100. The Hall–Kier alpha value is -3.48. The number of fused-ring (bicyclic) bond motifs is 2. The van der Waals surface area contributed by atoms with Gasteiger partial charge in [-0.1, -0.05) is 0 Å². The van der Waals surface area contributed by atoms with Crippen molar-refractivity contribution in [1.82, 2.24) is 19.7 Å². The topological polar surface area (TPSA) is 77.0 Å². The van der Waals surface area contributed by atoms with Gasteiger partial charge in [0.1, 0.15) is 19.0 Å². The highest BCUT2D eigenvalue weighted by Gasteiger charge is 2.12. The highest BCUT2D eigenvalue weighted by molar-refractivity contribution is 5.87. The smallest absolute Gasteiger partial charge is 0.163 e. The second kappa shape index (κ2) is 5.80. The molecule has 26 heavy (non-hydrogen) atoms. The number of aromatic nitrogens is 4. The molecule has 0 fully saturated rings. The summed E-state index contributed by atoms with van der Waals surface area (Å²) < 4.78 is 13.0. The number of aromatic amines is 1. The van der Waals surface area contributed by atoms with Crippen molar-refractivity contribution in [3.05, 3.63) is 48.9 Å². The molecule has 4 aromatic rings. The Morgan fingerprint density at radius 1 is 1.08 bits per heavy atom. The highest BCUT2D eigenvalue weighted by atomic mass is 16.6. The fourth-order valence-corrected chi connectivity index (χ4v) is 3.08. The van der Waals surface area contributed by atoms with E-state index in [9.17, 15) is 0 Å². The van der Waals surface area contributed by atoms with E-state index in [2.05, 4.69) is 26.4 Å². The Kier molecular flexibility index (Phi) is 3.31. The Labute approximate surface area is 149 Å². The van der Waals surface area contributed by atoms with Gasteiger partial charge < -0.3 is 19.8 Å². The van der Waals surface area contributed by atoms with Crippen LogP contribution in [-0.2, 0) is 7.05 Å². The Morgan fingerprint density at radius 2 is 1.96 bits per heavy atom. The number of hydrogen-bond donors (Lipinski definition) is 2. The van der Waals surface area contributed by atoms with Gasteiger partial charge in [-0.25, -0.2) is 4.98 Å². The lowest BCUT2D eigenvalue weighted by molar-refractivity contribution is 0.171. The molecule has 5 rings (SSSR count). The van der Waals surface area contributed by atoms with Crippen LogP contribution in [0.15, 0.2) is 48.9 Å². The molecule has 4 heterocycles. The van der Waals surface area contributed by atoms with Crippen molar-refractivity contribution in [3.63, 3.8) is 0 Å². The molecular weight excluding hydrogens is 330 g/mol. The lowest BCUT2D eigenvalue weighted by Gasteiger charge is -2.19. The summed E-state index contributed by atoms with van der Waals surface area (Å²) in [7, 11) is 1.91. The van der Waals surface area contributed by atoms with E-state index in [0.717, 1.165) is 45.2 Å². The Balaban J connectivity index is 1.44. The first kappa shape index (κ1) is 14.8. The van der Waals surface area contributed by atoms with E-state index in [4.69, 9.17) is 9.47 Å². The van der Waals surface area contributed by atoms with Gasteiger partial charge in [0.15, 0.2) is 11.5 Å². The first-order chi connectivity index (χ1) is 12.7. The molecule has 1 aliphatic heterocycles. The molecular formula is C19H17N5O2. The minimum atomic E-state index is 0.570. The van der Waals surface area contributed by atoms with Crippen molar-refractivity contribution >= 4 is 22.4 Å². The van der Waals surface area contributed by atoms with Crippen LogP contribution in [-0.4, -0.2) is 33.0 Å². The third-order valence-electron chi connectivity index (χ3n) is 4.33. The number of rotatable bonds is 3. The maximum atomic E-state index is 5.63. The van der Waals surface area contributed by atoms with Gasteiger partial charge in [-0.2, -0.15) is 5.10 Å². The normalized spacial score (nSPS) is 13.1. The van der Waals surface area contributed by atoms with Crippen molar-refractivity contribution in [2.45, 2.75) is 0 Å². The number of anilines is 2. The molecule has 130 valence electrons. The molecule has 2 N–H and O–H groups in total. The molecule has 1 aliphatic rings. The molecule has 0 saturated carbocycles. The molecule has 0 unspecified atom stereocenters. The van der Waals surface area contributed by atoms with Crippen LogP contribution in [0.25, 0.3) is 22.2 Å². The molecule has 0 amide bonds. The molecule has 0 saturated heterocycles. The molecule has 7 heteroatoms. The molecule has 0 atom stereocenters. The number of H-pyrrole nitrogens is 1. The largest absolute Gasteiger partial charge is 0.486 e. The van der Waals surface area contributed by atoms with Crippen LogP contribution in [0.5, 0.6) is 11.5 Å². The third kappa shape index (κ3) is 2.63. The summed E-state index contributed by atoms with van der Waals surface area (Å²) in [6, 6.07) is 9.86. The minimum Gasteiger partial charge on any atom is -0.486 e. The van der Waals surface area contributed by atoms with E-state index in [0.29, 0.717) is 13.2 Å². The van der Waals surface area contributed by atoms with E-state index < -0.39 is 0 Å². The average molecular weight is 347 g/mol. The zero-order valence-corrected chi connectivity index (χ0v) is 14.2. The summed E-state index contributed by atoms with van der Waals surface area (Å²) in [6.45, 7) is 1.16. The zero-order valence-electron chi connectivity index (χ0n) is 14.2. The van der Waals surface area contributed by atoms with E-state index >= 15 is 0 Å². The highest BCUT2D eigenvalue weighted by Crippen LogP contribution is 2.33. The second-order valence-electron chi connectivity index (χ2n) is 6.23. The first-order valence-electron chi connectivity index (χ1n) is 8.39. The number of ether oxygens (including phenoxy) is 2. The predicted molar refractivity (Wildman–Crippen MR) is 99.0 cm³/mol. The van der Waals surface area contributed by atoms with Crippen LogP contribution in [0.3, 0.4) is 0 Å². The number of pyridine rings is 1. The summed E-state index contributed by atoms with van der Waals surface area (Å²) in [5.74, 6) is 2.28. The predicted octanol–water partition coefficient (Wildman–Crippen LogP) is 3.48. The number of benzene rings is 1. The zero-order chi connectivity index (χ0) is 17.5. The van der Waals surface area contributed by atoms with Crippen molar-refractivity contribution in [1.29, 1.82) is 0 Å². The molecule has 0 radical (unpaired) electrons. The van der Waals surface area contributed by atoms with Gasteiger partial charge in [-0.05, 0) is 18.2 Å². The van der Waals surface area contributed by atoms with E-state index in [1.165, 1.54) is 0 Å². The van der Waals surface area contributed by atoms with Gasteiger partial charge in [0.25, 0.3) is 0 Å². The maximum absolute atomic E-state index is 5.63. The number of hydrogen-bond acceptors (Lipinski definition) is 5. The lowest BCUT2D eigenvalue weighted by Crippen LogP contribution is -2.15. The molecule has 0 spiro atoms. The van der Waals surface area contributed by atoms with Crippen molar-refractivity contribution in [2.24, 2.45) is 7.05 Å². The molecule has 0 bridgehead atoms. The molecule has 3 aromatic heterocycles. The number of aryl methyl sites for hydroxylation is 1. The van der Waals surface area contributed by atoms with Gasteiger partial charge in [0.05, 0.1) is 11.7 Å². The fourth-order valence-electron chi connectivity index (χ4n) is 3.08. The van der Waals surface area contributed by atoms with Gasteiger partial charge >= 0.3 is 0 Å². The van der Waals surface area contributed by atoms with Crippen LogP contribution >= 0.6 is 0 Å². The third-order valence-corrected chi connectivity index (χ3v) is 4.33. The number of nitrogens with zero attached hydrogens (tertiary/aromatic N) is 3. The van der Waals surface area contributed by atoms with Crippen LogP contribution in [0.1, 0.15) is 0 Å². The minimum absolute atomic E-state index is 0.570. The number of nitrogens with one attached hydrogen (secondary N) is 2. The van der Waals surface area contributed by atoms with E-state index in [1.54, 1.807) is 4.68 Å². The van der Waals surface area contributed by atoms with Crippen molar-refractivity contribution in [2.75, 3.05) is 18.5 Å². The quantitative estimate of drug-likeness (QED) is 0.593. The van der Waals surface area contributed by atoms with Gasteiger partial charge in [-0.15, -0.1) is 0 Å². The van der Waals surface area contributed by atoms with Crippen LogP contribution in [0.2, 0.25) is 0 Å². The van der Waals surface area contributed by atoms with Crippen molar-refractivity contribution < 1.29 is 9.47 Å². The van der Waals surface area contributed by atoms with E-state index in [-0.39, 0.29) is 0 Å². The second-order valence-corrected chi connectivity index (χ2v) is 6.23. The van der Waals surface area contributed by atoms with Gasteiger partial charge in [0.2, 0.25) is 0 Å². The van der Waals surface area contributed by atoms with Crippen LogP contribution < -0.4 is 14.8 Å². The van der Waals surface area contributed by atoms with Crippen molar-refractivity contribution in [3.8, 4) is 22.8 Å². The van der Waals surface area contributed by atoms with Gasteiger partial charge in [0, 0.05) is 53.9 Å². The SMILES string of the molecule is Cn1cc(-c2cc3cnc(Nc4ccc5c(c4)OCCO5)cc3[nH]2)cn1. The molecule has 1 aromatic carbocycles. The summed E-state index contributed by atoms with van der Waals surface area (Å²) in [5.41, 5.74) is 3.98. The van der Waals surface area contributed by atoms with Crippen LogP contribution in [0.4, 0.5) is 11.5 Å². The summed E-state index contributed by atoms with van der Waals surface area (Å²) in [5, 5.41) is 8.59. The standard InChI is InChI=1S/C19H17N5O2/c1-24-11-13(10-21-24)15-6-12-9-20-19(8-16(12)23-15)22-14-2-3-17-18(7-14)26-5-4-25-17/h2-3,6-11,23H,4-5H2,1H3,(H,20,22). The summed E-state index contributed by atoms with van der Waals surface area (Å²) in [6.07, 6.45) is 5.67. The summed E-state index contributed by atoms with van der Waals surface area (Å²) >= 11 is 0. The maximum Gasteiger partial charge on any atom is 0.163 e. The summed E-state index contributed by atoms with van der Waals surface area (Å²) in [4.78, 5) is 7.93. The first-order valence-corrected chi connectivity index (χ1v) is 8.39. The Morgan fingerprint density at radius 3 is 2.81 bits per heavy atom.